The number of fused-ring (bicyclic) bond motifs is 5. The summed E-state index contributed by atoms with van der Waals surface area (Å²) in [5, 5.41) is 11.1. The monoisotopic (exact) mass is 675 g/mol. The van der Waals surface area contributed by atoms with E-state index in [2.05, 4.69) is 24.9 Å². The van der Waals surface area contributed by atoms with Gasteiger partial charge in [0.1, 0.15) is 47.9 Å². The molecule has 7 N–H and O–H groups in total. The number of pyridine rings is 1. The molecule has 3 aliphatic rings. The van der Waals surface area contributed by atoms with Crippen molar-refractivity contribution in [1.29, 1.82) is 0 Å². The lowest BCUT2D eigenvalue weighted by atomic mass is 10.1. The molecule has 7 heterocycles. The highest BCUT2D eigenvalue weighted by molar-refractivity contribution is 8.07. The normalized spacial score (nSPS) is 38.3. The Kier molecular flexibility index (Phi) is 7.43. The van der Waals surface area contributed by atoms with Gasteiger partial charge in [0.05, 0.1) is 31.6 Å². The van der Waals surface area contributed by atoms with Crippen molar-refractivity contribution in [1.82, 2.24) is 34.1 Å². The highest BCUT2D eigenvalue weighted by Gasteiger charge is 2.54. The predicted octanol–water partition coefficient (Wildman–Crippen LogP) is 0.0638. The van der Waals surface area contributed by atoms with Crippen molar-refractivity contribution < 1.29 is 51.4 Å². The van der Waals surface area contributed by atoms with Crippen molar-refractivity contribution in [3.63, 3.8) is 0 Å². The highest BCUT2D eigenvalue weighted by atomic mass is 32.5. The number of nitrogens with zero attached hydrogens (tertiary/aromatic N) is 7. The summed E-state index contributed by atoms with van der Waals surface area (Å²) in [4.78, 5) is 42.1. The molecule has 4 aromatic rings. The van der Waals surface area contributed by atoms with Gasteiger partial charge in [0.25, 0.3) is 0 Å². The Bertz CT molecular complexity index is 1830. The molecule has 4 aromatic heterocycles. The second-order valence-corrected chi connectivity index (χ2v) is 14.2. The molecule has 236 valence electrons. The summed E-state index contributed by atoms with van der Waals surface area (Å²) in [6.45, 7) is -5.63. The molecule has 0 aromatic carbocycles. The van der Waals surface area contributed by atoms with Gasteiger partial charge in [-0.2, -0.15) is 0 Å². The summed E-state index contributed by atoms with van der Waals surface area (Å²) in [5.41, 5.74) is 13.0. The molecule has 0 spiro atoms. The predicted molar refractivity (Wildman–Crippen MR) is 148 cm³/mol. The number of anilines is 2. The number of halogens is 1. The van der Waals surface area contributed by atoms with Crippen LogP contribution in [0.4, 0.5) is 15.9 Å². The van der Waals surface area contributed by atoms with Crippen LogP contribution in [0.3, 0.4) is 0 Å². The standard InChI is InChI=1S/C21H24FN9O10P2S/c22-11-15-10(39-20(11)30-6-28-12-8(23)1-2-25-18(12)30)4-37-43(35,44)41-16-14(32)9(3-36-42(33,34)40-15)38-21(16)31-7-29-13-17(24)26-5-27-19(13)31/h1-2,5-7,9-11,14-16,20-21,32H,3-4H2,(H2,23,25)(H,33,34)(H,35,44)(H2,24,26,27)/t9-,10-,11+,14?,15?,16+,20-,21-,43?/m1/s1. The minimum Gasteiger partial charge on any atom is -0.397 e. The van der Waals surface area contributed by atoms with E-state index in [1.54, 1.807) is 0 Å². The van der Waals surface area contributed by atoms with Gasteiger partial charge in [0.2, 0.25) is 0 Å². The number of ether oxygens (including phenoxy) is 2. The molecule has 23 heteroatoms. The molecule has 0 radical (unpaired) electrons. The van der Waals surface area contributed by atoms with Gasteiger partial charge in [0, 0.05) is 6.20 Å². The molecule has 19 nitrogen and oxygen atoms in total. The van der Waals surface area contributed by atoms with Gasteiger partial charge in [-0.15, -0.1) is 0 Å². The fraction of sp³-hybridized carbons (Fsp3) is 0.476. The number of aliphatic hydroxyl groups is 1. The zero-order chi connectivity index (χ0) is 31.0. The first-order valence-electron chi connectivity index (χ1n) is 12.9. The summed E-state index contributed by atoms with van der Waals surface area (Å²) in [7, 11) is -5.04. The number of nitrogen functional groups attached to an aromatic ring is 2. The molecule has 0 saturated carbocycles. The Hall–Kier alpha value is -2.78. The van der Waals surface area contributed by atoms with E-state index < -0.39 is 76.9 Å². The topological polar surface area (TPSA) is 259 Å². The molecule has 44 heavy (non-hydrogen) atoms. The minimum atomic E-state index is -5.04. The first kappa shape index (κ1) is 29.9. The highest BCUT2D eigenvalue weighted by Crippen LogP contribution is 2.54. The van der Waals surface area contributed by atoms with Crippen LogP contribution in [-0.4, -0.2) is 98.9 Å². The van der Waals surface area contributed by atoms with Crippen LogP contribution < -0.4 is 11.5 Å². The summed E-state index contributed by atoms with van der Waals surface area (Å²) in [5.74, 6) is 0.0688. The Morgan fingerprint density at radius 1 is 0.909 bits per heavy atom. The summed E-state index contributed by atoms with van der Waals surface area (Å²) in [6.07, 6.45) is -7.21. The van der Waals surface area contributed by atoms with Crippen LogP contribution in [0.25, 0.3) is 22.3 Å². The van der Waals surface area contributed by atoms with Crippen LogP contribution >= 0.6 is 14.5 Å². The summed E-state index contributed by atoms with van der Waals surface area (Å²) < 4.78 is 64.9. The largest absolute Gasteiger partial charge is 0.472 e. The molecule has 0 amide bonds. The SMILES string of the molecule is Nc1ccnc2c1ncn2[C@@H]1O[C@@H]2COP(O)(=S)O[C@H]3C(O)[C@@H](COP(=O)(O)OC2[C@@H]1F)O[C@H]3n1cnc2c(N)ncnc21. The lowest BCUT2D eigenvalue weighted by Gasteiger charge is -2.27. The number of imidazole rings is 2. The number of hydrogen-bond donors (Lipinski definition) is 5. The fourth-order valence-corrected chi connectivity index (χ4v) is 7.64. The van der Waals surface area contributed by atoms with Crippen LogP contribution in [0, 0.1) is 0 Å². The van der Waals surface area contributed by atoms with Crippen LogP contribution in [0.1, 0.15) is 12.5 Å². The lowest BCUT2D eigenvalue weighted by molar-refractivity contribution is -0.0635. The molecule has 2 bridgehead atoms. The van der Waals surface area contributed by atoms with E-state index in [0.29, 0.717) is 0 Å². The van der Waals surface area contributed by atoms with Crippen LogP contribution in [0.5, 0.6) is 0 Å². The third kappa shape index (κ3) is 5.17. The second-order valence-electron chi connectivity index (χ2n) is 10.0. The number of rotatable bonds is 2. The van der Waals surface area contributed by atoms with Crippen LogP contribution in [-0.2, 0) is 43.9 Å². The molecule has 7 rings (SSSR count). The number of aromatic nitrogens is 7. The number of phosphoric ester groups is 1. The quantitative estimate of drug-likeness (QED) is 0.176. The van der Waals surface area contributed by atoms with E-state index in [0.717, 1.165) is 0 Å². The molecular weight excluding hydrogens is 651 g/mol. The number of hydrogen-bond acceptors (Lipinski definition) is 16. The zero-order valence-electron chi connectivity index (χ0n) is 22.1. The smallest absolute Gasteiger partial charge is 0.397 e. The van der Waals surface area contributed by atoms with Crippen molar-refractivity contribution in [3.8, 4) is 0 Å². The van der Waals surface area contributed by atoms with Crippen molar-refractivity contribution >= 4 is 60.2 Å². The zero-order valence-corrected chi connectivity index (χ0v) is 24.7. The molecule has 3 saturated heterocycles. The molecule has 10 atom stereocenters. The van der Waals surface area contributed by atoms with Crippen LogP contribution in [0.2, 0.25) is 0 Å². The molecular formula is C21H24FN9O10P2S. The van der Waals surface area contributed by atoms with Gasteiger partial charge < -0.3 is 40.4 Å². The fourth-order valence-electron chi connectivity index (χ4n) is 5.27. The first-order valence-corrected chi connectivity index (χ1v) is 17.0. The summed E-state index contributed by atoms with van der Waals surface area (Å²) in [6, 6.07) is 1.51. The van der Waals surface area contributed by atoms with E-state index in [-0.39, 0.29) is 33.8 Å². The maximum absolute atomic E-state index is 15.9. The van der Waals surface area contributed by atoms with Gasteiger partial charge in [-0.3, -0.25) is 22.7 Å². The molecule has 3 fully saturated rings. The van der Waals surface area contributed by atoms with Gasteiger partial charge in [-0.05, 0) is 17.9 Å². The molecule has 3 aliphatic heterocycles. The van der Waals surface area contributed by atoms with E-state index in [4.69, 9.17) is 50.8 Å². The van der Waals surface area contributed by atoms with Crippen molar-refractivity contribution in [2.24, 2.45) is 0 Å². The van der Waals surface area contributed by atoms with E-state index in [1.807, 2.05) is 0 Å². The van der Waals surface area contributed by atoms with E-state index >= 15 is 4.39 Å². The van der Waals surface area contributed by atoms with Gasteiger partial charge in [-0.1, -0.05) is 0 Å². The average Bonchev–Trinajstić information content (AvgIpc) is 3.73. The van der Waals surface area contributed by atoms with Crippen molar-refractivity contribution in [2.75, 3.05) is 24.7 Å². The maximum Gasteiger partial charge on any atom is 0.472 e. The van der Waals surface area contributed by atoms with E-state index in [1.165, 1.54) is 40.4 Å². The summed E-state index contributed by atoms with van der Waals surface area (Å²) >= 11 is 5.21. The second kappa shape index (κ2) is 10.9. The Morgan fingerprint density at radius 2 is 1.59 bits per heavy atom. The Labute approximate surface area is 250 Å². The number of aliphatic hydroxyl groups excluding tert-OH is 1. The molecule has 4 unspecified atom stereocenters. The van der Waals surface area contributed by atoms with Gasteiger partial charge >= 0.3 is 14.5 Å². The molecule has 0 aliphatic carbocycles. The third-order valence-corrected chi connectivity index (χ3v) is 9.87. The number of phosphoric acid groups is 1. The number of alkyl halides is 1. The van der Waals surface area contributed by atoms with Crippen molar-refractivity contribution in [3.05, 3.63) is 31.2 Å². The lowest BCUT2D eigenvalue weighted by Crippen LogP contribution is -2.35. The number of nitrogens with two attached hydrogens (primary N) is 2. The minimum absolute atomic E-state index is 0.0688. The third-order valence-electron chi connectivity index (χ3n) is 7.32. The van der Waals surface area contributed by atoms with Crippen molar-refractivity contribution in [2.45, 2.75) is 49.1 Å². The first-order chi connectivity index (χ1) is 20.9. The van der Waals surface area contributed by atoms with Gasteiger partial charge in [-0.25, -0.2) is 33.9 Å². The maximum atomic E-state index is 15.9. The van der Waals surface area contributed by atoms with E-state index in [9.17, 15) is 19.5 Å². The van der Waals surface area contributed by atoms with Crippen LogP contribution in [0.15, 0.2) is 31.2 Å². The van der Waals surface area contributed by atoms with Gasteiger partial charge in [0.15, 0.2) is 35.7 Å². The average molecular weight is 675 g/mol. The Balaban J connectivity index is 1.20. The Morgan fingerprint density at radius 3 is 2.39 bits per heavy atom.